The quantitative estimate of drug-likeness (QED) is 0.559. The van der Waals surface area contributed by atoms with Crippen LogP contribution in [0.4, 0.5) is 18.0 Å². The molecule has 0 aromatic heterocycles. The highest BCUT2D eigenvalue weighted by atomic mass is 19.4. The molecule has 0 unspecified atom stereocenters. The number of benzene rings is 1. The first-order chi connectivity index (χ1) is 12.0. The van der Waals surface area contributed by atoms with Crippen molar-refractivity contribution in [3.05, 3.63) is 35.4 Å². The summed E-state index contributed by atoms with van der Waals surface area (Å²) in [4.78, 5) is 33.5. The van der Waals surface area contributed by atoms with Gasteiger partial charge in [0.15, 0.2) is 0 Å². The van der Waals surface area contributed by atoms with Gasteiger partial charge in [0.1, 0.15) is 0 Å². The van der Waals surface area contributed by atoms with Gasteiger partial charge in [-0.3, -0.25) is 9.59 Å². The van der Waals surface area contributed by atoms with Crippen LogP contribution in [0.1, 0.15) is 25.0 Å². The minimum absolute atomic E-state index is 0.163. The molecule has 0 heterocycles. The number of carboxylic acids is 1. The summed E-state index contributed by atoms with van der Waals surface area (Å²) >= 11 is 0. The number of alkyl halides is 3. The molecule has 2 N–H and O–H groups in total. The SMILES string of the molecule is CC(=O)O[C@H](C)OC(=O)NC[C@H](Cc1cccc(C(F)(F)F)c1)C(=O)O. The first-order valence-corrected chi connectivity index (χ1v) is 7.49. The van der Waals surface area contributed by atoms with Gasteiger partial charge in [-0.15, -0.1) is 0 Å². The highest BCUT2D eigenvalue weighted by Gasteiger charge is 2.31. The van der Waals surface area contributed by atoms with E-state index < -0.39 is 42.0 Å². The molecule has 1 aromatic carbocycles. The lowest BCUT2D eigenvalue weighted by Gasteiger charge is -2.16. The number of hydrogen-bond donors (Lipinski definition) is 2. The van der Waals surface area contributed by atoms with E-state index in [4.69, 9.17) is 0 Å². The Labute approximate surface area is 147 Å². The fourth-order valence-electron chi connectivity index (χ4n) is 2.06. The molecule has 0 saturated heterocycles. The minimum Gasteiger partial charge on any atom is -0.481 e. The summed E-state index contributed by atoms with van der Waals surface area (Å²) in [5.74, 6) is -3.14. The highest BCUT2D eigenvalue weighted by Crippen LogP contribution is 2.30. The number of carbonyl (C=O) groups is 3. The number of amides is 1. The van der Waals surface area contributed by atoms with Crippen LogP contribution < -0.4 is 5.32 Å². The molecule has 0 saturated carbocycles. The van der Waals surface area contributed by atoms with Crippen LogP contribution >= 0.6 is 0 Å². The van der Waals surface area contributed by atoms with Crippen molar-refractivity contribution in [1.82, 2.24) is 5.32 Å². The number of nitrogens with one attached hydrogen (secondary N) is 1. The lowest BCUT2D eigenvalue weighted by molar-refractivity contribution is -0.162. The average molecular weight is 377 g/mol. The Morgan fingerprint density at radius 2 is 1.88 bits per heavy atom. The Balaban J connectivity index is 2.66. The number of alkyl carbamates (subject to hydrolysis) is 1. The molecule has 1 rings (SSSR count). The zero-order valence-corrected chi connectivity index (χ0v) is 14.0. The van der Waals surface area contributed by atoms with Crippen molar-refractivity contribution in [2.24, 2.45) is 5.92 Å². The summed E-state index contributed by atoms with van der Waals surface area (Å²) in [5, 5.41) is 11.4. The topological polar surface area (TPSA) is 102 Å². The van der Waals surface area contributed by atoms with Crippen molar-refractivity contribution < 1.29 is 42.1 Å². The molecule has 2 atom stereocenters. The third kappa shape index (κ3) is 7.41. The molecule has 0 aliphatic rings. The summed E-state index contributed by atoms with van der Waals surface area (Å²) in [5.41, 5.74) is -0.725. The average Bonchev–Trinajstić information content (AvgIpc) is 2.49. The van der Waals surface area contributed by atoms with Gasteiger partial charge >= 0.3 is 24.2 Å². The van der Waals surface area contributed by atoms with E-state index in [1.54, 1.807) is 0 Å². The second-order valence-electron chi connectivity index (χ2n) is 5.40. The fraction of sp³-hybridized carbons (Fsp3) is 0.438. The molecule has 144 valence electrons. The maximum Gasteiger partial charge on any atom is 0.416 e. The van der Waals surface area contributed by atoms with E-state index >= 15 is 0 Å². The van der Waals surface area contributed by atoms with E-state index in [0.29, 0.717) is 0 Å². The third-order valence-corrected chi connectivity index (χ3v) is 3.18. The van der Waals surface area contributed by atoms with Crippen molar-refractivity contribution in [2.45, 2.75) is 32.7 Å². The largest absolute Gasteiger partial charge is 0.481 e. The molecule has 0 aliphatic carbocycles. The molecule has 0 spiro atoms. The van der Waals surface area contributed by atoms with Crippen molar-refractivity contribution >= 4 is 18.0 Å². The van der Waals surface area contributed by atoms with Gasteiger partial charge in [0, 0.05) is 20.4 Å². The van der Waals surface area contributed by atoms with Gasteiger partial charge < -0.3 is 19.9 Å². The van der Waals surface area contributed by atoms with E-state index in [-0.39, 0.29) is 18.5 Å². The molecule has 26 heavy (non-hydrogen) atoms. The summed E-state index contributed by atoms with van der Waals surface area (Å²) in [6.45, 7) is 2.03. The van der Waals surface area contributed by atoms with Gasteiger partial charge in [-0.1, -0.05) is 18.2 Å². The standard InChI is InChI=1S/C16H18F3NO6/c1-9(21)25-10(2)26-15(24)20-8-12(14(22)23)6-11-4-3-5-13(7-11)16(17,18)19/h3-5,7,10,12H,6,8H2,1-2H3,(H,20,24)(H,22,23)/t10-,12-/m0/s1. The first-order valence-electron chi connectivity index (χ1n) is 7.49. The molecular weight excluding hydrogens is 359 g/mol. The van der Waals surface area contributed by atoms with Crippen molar-refractivity contribution in [1.29, 1.82) is 0 Å². The van der Waals surface area contributed by atoms with E-state index in [2.05, 4.69) is 14.8 Å². The van der Waals surface area contributed by atoms with Gasteiger partial charge in [0.05, 0.1) is 11.5 Å². The summed E-state index contributed by atoms with van der Waals surface area (Å²) in [6, 6.07) is 4.29. The molecule has 10 heteroatoms. The number of halogens is 3. The Morgan fingerprint density at radius 3 is 2.42 bits per heavy atom. The molecule has 0 bridgehead atoms. The van der Waals surface area contributed by atoms with Crippen LogP contribution in [0.3, 0.4) is 0 Å². The Morgan fingerprint density at radius 1 is 1.23 bits per heavy atom. The summed E-state index contributed by atoms with van der Waals surface area (Å²) < 4.78 is 47.4. The number of hydrogen-bond acceptors (Lipinski definition) is 5. The zero-order chi connectivity index (χ0) is 19.9. The monoisotopic (exact) mass is 377 g/mol. The molecular formula is C16H18F3NO6. The van der Waals surface area contributed by atoms with Crippen LogP contribution in [-0.2, 0) is 31.7 Å². The number of carboxylic acid groups (broad SMARTS) is 1. The predicted molar refractivity (Wildman–Crippen MR) is 82.0 cm³/mol. The smallest absolute Gasteiger partial charge is 0.416 e. The molecule has 0 radical (unpaired) electrons. The van der Waals surface area contributed by atoms with Crippen LogP contribution in [0.5, 0.6) is 0 Å². The maximum atomic E-state index is 12.7. The van der Waals surface area contributed by atoms with Gasteiger partial charge in [-0.2, -0.15) is 13.2 Å². The van der Waals surface area contributed by atoms with Crippen LogP contribution in [0, 0.1) is 5.92 Å². The van der Waals surface area contributed by atoms with Gasteiger partial charge in [-0.05, 0) is 18.1 Å². The van der Waals surface area contributed by atoms with E-state index in [9.17, 15) is 32.7 Å². The lowest BCUT2D eigenvalue weighted by atomic mass is 9.98. The van der Waals surface area contributed by atoms with Crippen LogP contribution in [0.25, 0.3) is 0 Å². The van der Waals surface area contributed by atoms with Gasteiger partial charge in [0.2, 0.25) is 6.29 Å². The molecule has 1 amide bonds. The van der Waals surface area contributed by atoms with Crippen molar-refractivity contribution in [2.75, 3.05) is 6.54 Å². The van der Waals surface area contributed by atoms with Crippen LogP contribution in [0.2, 0.25) is 0 Å². The number of ether oxygens (including phenoxy) is 2. The van der Waals surface area contributed by atoms with E-state index in [0.717, 1.165) is 19.1 Å². The number of rotatable bonds is 7. The van der Waals surface area contributed by atoms with Crippen molar-refractivity contribution in [3.8, 4) is 0 Å². The Kier molecular flexibility index (Phi) is 7.41. The molecule has 7 nitrogen and oxygen atoms in total. The fourth-order valence-corrected chi connectivity index (χ4v) is 2.06. The number of esters is 1. The number of carbonyl (C=O) groups excluding carboxylic acids is 2. The highest BCUT2D eigenvalue weighted by molar-refractivity contribution is 5.73. The predicted octanol–water partition coefficient (Wildman–Crippen LogP) is 2.58. The Bertz CT molecular complexity index is 662. The van der Waals surface area contributed by atoms with E-state index in [1.807, 2.05) is 0 Å². The van der Waals surface area contributed by atoms with Crippen LogP contribution in [0.15, 0.2) is 24.3 Å². The normalized spacial score (nSPS) is 13.4. The summed E-state index contributed by atoms with van der Waals surface area (Å²) in [6.07, 6.45) is -6.95. The number of aliphatic carboxylic acids is 1. The lowest BCUT2D eigenvalue weighted by Crippen LogP contribution is -2.36. The third-order valence-electron chi connectivity index (χ3n) is 3.18. The maximum absolute atomic E-state index is 12.7. The van der Waals surface area contributed by atoms with Gasteiger partial charge in [-0.25, -0.2) is 4.79 Å². The minimum atomic E-state index is -4.54. The van der Waals surface area contributed by atoms with Crippen molar-refractivity contribution in [3.63, 3.8) is 0 Å². The summed E-state index contributed by atoms with van der Waals surface area (Å²) in [7, 11) is 0. The van der Waals surface area contributed by atoms with E-state index in [1.165, 1.54) is 19.1 Å². The van der Waals surface area contributed by atoms with Gasteiger partial charge in [0.25, 0.3) is 0 Å². The second kappa shape index (κ2) is 9.07. The molecule has 0 fully saturated rings. The zero-order valence-electron chi connectivity index (χ0n) is 14.0. The molecule has 1 aromatic rings. The Hall–Kier alpha value is -2.78. The molecule has 0 aliphatic heterocycles. The second-order valence-corrected chi connectivity index (χ2v) is 5.40. The first kappa shape index (κ1) is 21.3. The van der Waals surface area contributed by atoms with Crippen LogP contribution in [-0.4, -0.2) is 36.0 Å².